The molecule has 1 saturated heterocycles. The number of nitrogens with zero attached hydrogens (tertiary/aromatic N) is 5. The van der Waals surface area contributed by atoms with Crippen molar-refractivity contribution in [2.45, 2.75) is 23.0 Å². The molecule has 2 aromatic heterocycles. The van der Waals surface area contributed by atoms with E-state index in [4.69, 9.17) is 0 Å². The molecule has 1 aliphatic heterocycles. The van der Waals surface area contributed by atoms with Crippen LogP contribution in [0, 0.1) is 22.7 Å². The maximum absolute atomic E-state index is 11.9. The summed E-state index contributed by atoms with van der Waals surface area (Å²) in [4.78, 5) is 22.4. The van der Waals surface area contributed by atoms with E-state index in [1.165, 1.54) is 18.8 Å². The molecule has 1 amide bonds. The summed E-state index contributed by atoms with van der Waals surface area (Å²) in [6.07, 6.45) is -0.378. The van der Waals surface area contributed by atoms with Crippen LogP contribution in [0.2, 0.25) is 0 Å². The number of hydrogen-bond donors (Lipinski definition) is 3. The molecule has 1 fully saturated rings. The Kier molecular flexibility index (Phi) is 7.28. The molecule has 0 radical (unpaired) electrons. The van der Waals surface area contributed by atoms with Crippen molar-refractivity contribution < 1.29 is 15.0 Å². The average Bonchev–Trinajstić information content (AvgIpc) is 3.24. The van der Waals surface area contributed by atoms with Crippen LogP contribution < -0.4 is 10.2 Å². The molecule has 0 spiro atoms. The molecule has 0 saturated carbocycles. The first-order valence-corrected chi connectivity index (χ1v) is 11.8. The third-order valence-electron chi connectivity index (χ3n) is 5.65. The highest BCUT2D eigenvalue weighted by Crippen LogP contribution is 2.39. The SMILES string of the molecule is CNC(=O)c1cc(CSc2nc(N3C[C@H](O)[C@@H](O)C3)c(C#N)c(-c3ccccc3)c2C#N)ccn1. The van der Waals surface area contributed by atoms with Gasteiger partial charge >= 0.3 is 0 Å². The van der Waals surface area contributed by atoms with E-state index in [0.29, 0.717) is 27.7 Å². The second-order valence-corrected chi connectivity index (χ2v) is 8.88. The van der Waals surface area contributed by atoms with Gasteiger partial charge in [-0.25, -0.2) is 4.98 Å². The standard InChI is InChI=1S/C25H22N6O3S/c1-28-24(34)19-9-15(7-8-29-19)14-35-25-18(11-27)22(16-5-3-2-4-6-16)17(10-26)23(30-25)31-12-20(32)21(33)13-31/h2-9,20-21,32-33H,12-14H2,1H3,(H,28,34)/t20-,21-/m0/s1. The van der Waals surface area contributed by atoms with E-state index in [1.54, 1.807) is 23.2 Å². The number of aliphatic hydroxyl groups excluding tert-OH is 2. The van der Waals surface area contributed by atoms with Crippen LogP contribution in [0.5, 0.6) is 0 Å². The molecule has 35 heavy (non-hydrogen) atoms. The fraction of sp³-hybridized carbons (Fsp3) is 0.240. The smallest absolute Gasteiger partial charge is 0.269 e. The molecule has 1 aliphatic rings. The summed E-state index contributed by atoms with van der Waals surface area (Å²) in [5.41, 5.74) is 2.72. The van der Waals surface area contributed by atoms with Crippen molar-refractivity contribution >= 4 is 23.5 Å². The first-order valence-electron chi connectivity index (χ1n) is 10.8. The zero-order valence-corrected chi connectivity index (χ0v) is 19.7. The Labute approximate surface area is 206 Å². The number of rotatable bonds is 6. The van der Waals surface area contributed by atoms with Gasteiger partial charge in [0.15, 0.2) is 0 Å². The number of benzene rings is 1. The van der Waals surface area contributed by atoms with Crippen molar-refractivity contribution in [3.05, 3.63) is 71.0 Å². The monoisotopic (exact) mass is 486 g/mol. The Balaban J connectivity index is 1.81. The van der Waals surface area contributed by atoms with Gasteiger partial charge in [-0.1, -0.05) is 30.3 Å². The minimum atomic E-state index is -0.963. The van der Waals surface area contributed by atoms with Gasteiger partial charge in [-0.2, -0.15) is 10.5 Å². The van der Waals surface area contributed by atoms with Crippen molar-refractivity contribution in [1.29, 1.82) is 10.5 Å². The number of carbonyl (C=O) groups excluding carboxylic acids is 1. The Morgan fingerprint density at radius 2 is 1.83 bits per heavy atom. The molecule has 3 aromatic rings. The molecule has 176 valence electrons. The molecule has 2 atom stereocenters. The molecule has 0 unspecified atom stereocenters. The van der Waals surface area contributed by atoms with Gasteiger partial charge in [0.05, 0.1) is 17.8 Å². The van der Waals surface area contributed by atoms with Crippen LogP contribution in [-0.2, 0) is 5.75 Å². The number of carbonyl (C=O) groups is 1. The van der Waals surface area contributed by atoms with Crippen molar-refractivity contribution in [3.8, 4) is 23.3 Å². The van der Waals surface area contributed by atoms with Crippen molar-refractivity contribution in [1.82, 2.24) is 15.3 Å². The molecule has 0 aliphatic carbocycles. The normalized spacial score (nSPS) is 17.0. The quantitative estimate of drug-likeness (QED) is 0.446. The number of pyridine rings is 2. The van der Waals surface area contributed by atoms with Gasteiger partial charge in [-0.15, -0.1) is 11.8 Å². The molecule has 9 nitrogen and oxygen atoms in total. The average molecular weight is 487 g/mol. The Bertz CT molecular complexity index is 1330. The van der Waals surface area contributed by atoms with Gasteiger partial charge in [-0.05, 0) is 23.3 Å². The van der Waals surface area contributed by atoms with E-state index < -0.39 is 12.2 Å². The summed E-state index contributed by atoms with van der Waals surface area (Å²) in [6.45, 7) is 0.236. The number of aromatic nitrogens is 2. The molecule has 3 heterocycles. The van der Waals surface area contributed by atoms with E-state index in [0.717, 1.165) is 5.56 Å². The second kappa shape index (κ2) is 10.5. The number of β-amino-alcohol motifs (C(OH)–C–C–N with tert-alkyl or cyclic N) is 2. The summed E-state index contributed by atoms with van der Waals surface area (Å²) >= 11 is 1.30. The predicted molar refractivity (Wildman–Crippen MR) is 131 cm³/mol. The highest BCUT2D eigenvalue weighted by Gasteiger charge is 2.34. The number of nitrogens with one attached hydrogen (secondary N) is 1. The Morgan fingerprint density at radius 1 is 1.14 bits per heavy atom. The predicted octanol–water partition coefficient (Wildman–Crippen LogP) is 2.08. The molecule has 1 aromatic carbocycles. The lowest BCUT2D eigenvalue weighted by atomic mass is 9.96. The molecule has 0 bridgehead atoms. The van der Waals surface area contributed by atoms with Crippen molar-refractivity contribution in [3.63, 3.8) is 0 Å². The topological polar surface area (TPSA) is 146 Å². The Hall–Kier alpha value is -3.96. The van der Waals surface area contributed by atoms with Crippen LogP contribution in [0.1, 0.15) is 27.2 Å². The summed E-state index contributed by atoms with van der Waals surface area (Å²) in [5, 5.41) is 43.3. The largest absolute Gasteiger partial charge is 0.389 e. The molecule has 3 N–H and O–H groups in total. The van der Waals surface area contributed by atoms with E-state index in [2.05, 4.69) is 27.4 Å². The lowest BCUT2D eigenvalue weighted by Crippen LogP contribution is -2.24. The lowest BCUT2D eigenvalue weighted by Gasteiger charge is -2.22. The van der Waals surface area contributed by atoms with Crippen LogP contribution in [0.3, 0.4) is 0 Å². The second-order valence-electron chi connectivity index (χ2n) is 7.91. The van der Waals surface area contributed by atoms with Crippen LogP contribution in [0.4, 0.5) is 5.82 Å². The van der Waals surface area contributed by atoms with E-state index in [1.807, 2.05) is 30.3 Å². The van der Waals surface area contributed by atoms with Gasteiger partial charge < -0.3 is 20.4 Å². The van der Waals surface area contributed by atoms with Gasteiger partial charge in [0, 0.05) is 37.7 Å². The van der Waals surface area contributed by atoms with Crippen LogP contribution in [0.15, 0.2) is 53.7 Å². The maximum atomic E-state index is 11.9. The summed E-state index contributed by atoms with van der Waals surface area (Å²) in [6, 6.07) is 17.0. The molecular formula is C25H22N6O3S. The first-order chi connectivity index (χ1) is 17.0. The third-order valence-corrected chi connectivity index (χ3v) is 6.70. The summed E-state index contributed by atoms with van der Waals surface area (Å²) in [5.74, 6) is 0.411. The fourth-order valence-corrected chi connectivity index (χ4v) is 4.82. The number of amides is 1. The fourth-order valence-electron chi connectivity index (χ4n) is 3.90. The molecule has 10 heteroatoms. The van der Waals surface area contributed by atoms with Crippen molar-refractivity contribution in [2.75, 3.05) is 25.0 Å². The highest BCUT2D eigenvalue weighted by molar-refractivity contribution is 7.98. The number of thioether (sulfide) groups is 1. The van der Waals surface area contributed by atoms with Gasteiger partial charge in [0.25, 0.3) is 5.91 Å². The van der Waals surface area contributed by atoms with Gasteiger partial charge in [-0.3, -0.25) is 9.78 Å². The highest BCUT2D eigenvalue weighted by atomic mass is 32.2. The number of nitriles is 2. The van der Waals surface area contributed by atoms with E-state index in [-0.39, 0.29) is 35.8 Å². The first kappa shape index (κ1) is 24.2. The summed E-state index contributed by atoms with van der Waals surface area (Å²) in [7, 11) is 1.53. The minimum Gasteiger partial charge on any atom is -0.389 e. The molecule has 4 rings (SSSR count). The van der Waals surface area contributed by atoms with Crippen LogP contribution in [-0.4, -0.2) is 58.4 Å². The van der Waals surface area contributed by atoms with Crippen molar-refractivity contribution in [2.24, 2.45) is 0 Å². The lowest BCUT2D eigenvalue weighted by molar-refractivity contribution is 0.0572. The number of anilines is 1. The zero-order chi connectivity index (χ0) is 24.9. The van der Waals surface area contributed by atoms with Gasteiger partial charge in [0.2, 0.25) is 0 Å². The number of aliphatic hydroxyl groups is 2. The van der Waals surface area contributed by atoms with Crippen LogP contribution >= 0.6 is 11.8 Å². The zero-order valence-electron chi connectivity index (χ0n) is 18.8. The minimum absolute atomic E-state index is 0.118. The van der Waals surface area contributed by atoms with Crippen LogP contribution in [0.25, 0.3) is 11.1 Å². The van der Waals surface area contributed by atoms with Gasteiger partial charge in [0.1, 0.15) is 34.2 Å². The maximum Gasteiger partial charge on any atom is 0.269 e. The third kappa shape index (κ3) is 4.96. The van der Waals surface area contributed by atoms with E-state index >= 15 is 0 Å². The summed E-state index contributed by atoms with van der Waals surface area (Å²) < 4.78 is 0. The molecular weight excluding hydrogens is 464 g/mol. The van der Waals surface area contributed by atoms with E-state index in [9.17, 15) is 25.5 Å². The number of hydrogen-bond acceptors (Lipinski definition) is 9. The Morgan fingerprint density at radius 3 is 2.46 bits per heavy atom.